The summed E-state index contributed by atoms with van der Waals surface area (Å²) in [7, 11) is 3.05. The van der Waals surface area contributed by atoms with E-state index in [-0.39, 0.29) is 18.4 Å². The third-order valence-corrected chi connectivity index (χ3v) is 2.85. The summed E-state index contributed by atoms with van der Waals surface area (Å²) in [5.41, 5.74) is 0.437. The van der Waals surface area contributed by atoms with Gasteiger partial charge in [-0.1, -0.05) is 13.8 Å². The van der Waals surface area contributed by atoms with Gasteiger partial charge in [0.25, 0.3) is 5.91 Å². The Hall–Kier alpha value is -1.75. The van der Waals surface area contributed by atoms with E-state index in [4.69, 9.17) is 9.47 Å². The Morgan fingerprint density at radius 3 is 2.16 bits per heavy atom. The molecule has 1 rings (SSSR count). The topological polar surface area (TPSA) is 67.8 Å². The van der Waals surface area contributed by atoms with Gasteiger partial charge in [-0.25, -0.2) is 0 Å². The van der Waals surface area contributed by atoms with E-state index in [1.807, 2.05) is 13.8 Å². The van der Waals surface area contributed by atoms with Gasteiger partial charge in [-0.15, -0.1) is 0 Å². The lowest BCUT2D eigenvalue weighted by molar-refractivity contribution is 0.0871. The van der Waals surface area contributed by atoms with E-state index in [9.17, 15) is 9.90 Å². The van der Waals surface area contributed by atoms with Gasteiger partial charge in [-0.3, -0.25) is 4.79 Å². The highest BCUT2D eigenvalue weighted by atomic mass is 16.5. The van der Waals surface area contributed by atoms with Crippen molar-refractivity contribution < 1.29 is 19.4 Å². The summed E-state index contributed by atoms with van der Waals surface area (Å²) in [6.07, 6.45) is -0.559. The van der Waals surface area contributed by atoms with Crippen molar-refractivity contribution in [2.24, 2.45) is 5.92 Å². The van der Waals surface area contributed by atoms with E-state index < -0.39 is 6.10 Å². The zero-order valence-corrected chi connectivity index (χ0v) is 11.8. The minimum Gasteiger partial charge on any atom is -0.497 e. The first-order valence-corrected chi connectivity index (χ1v) is 6.17. The summed E-state index contributed by atoms with van der Waals surface area (Å²) in [6.45, 7) is 4.01. The van der Waals surface area contributed by atoms with Crippen LogP contribution in [-0.2, 0) is 0 Å². The molecule has 0 fully saturated rings. The molecule has 1 unspecified atom stereocenters. The number of aliphatic hydroxyl groups excluding tert-OH is 1. The fourth-order valence-corrected chi connectivity index (χ4v) is 1.47. The smallest absolute Gasteiger partial charge is 0.251 e. The van der Waals surface area contributed by atoms with Crippen molar-refractivity contribution >= 4 is 5.91 Å². The van der Waals surface area contributed by atoms with Crippen molar-refractivity contribution in [3.63, 3.8) is 0 Å². The van der Waals surface area contributed by atoms with E-state index in [1.165, 1.54) is 14.2 Å². The lowest BCUT2D eigenvalue weighted by atomic mass is 10.1. The number of hydrogen-bond donors (Lipinski definition) is 2. The monoisotopic (exact) mass is 267 g/mol. The summed E-state index contributed by atoms with van der Waals surface area (Å²) in [4.78, 5) is 12.0. The Labute approximate surface area is 113 Å². The van der Waals surface area contributed by atoms with Crippen LogP contribution in [-0.4, -0.2) is 37.9 Å². The van der Waals surface area contributed by atoms with E-state index in [2.05, 4.69) is 5.32 Å². The zero-order chi connectivity index (χ0) is 14.4. The average Bonchev–Trinajstić information content (AvgIpc) is 2.43. The first-order valence-electron chi connectivity index (χ1n) is 6.17. The highest BCUT2D eigenvalue weighted by Crippen LogP contribution is 2.22. The van der Waals surface area contributed by atoms with Crippen molar-refractivity contribution in [3.8, 4) is 11.5 Å². The van der Waals surface area contributed by atoms with Crippen molar-refractivity contribution in [2.75, 3.05) is 20.8 Å². The van der Waals surface area contributed by atoms with Crippen molar-refractivity contribution in [1.82, 2.24) is 5.32 Å². The molecule has 0 aliphatic carbocycles. The zero-order valence-electron chi connectivity index (χ0n) is 11.8. The number of ether oxygens (including phenoxy) is 2. The molecule has 1 aromatic rings. The van der Waals surface area contributed by atoms with Crippen molar-refractivity contribution in [3.05, 3.63) is 23.8 Å². The number of nitrogens with one attached hydrogen (secondary N) is 1. The van der Waals surface area contributed by atoms with Crippen LogP contribution in [0.5, 0.6) is 11.5 Å². The quantitative estimate of drug-likeness (QED) is 0.818. The van der Waals surface area contributed by atoms with Gasteiger partial charge in [0.2, 0.25) is 0 Å². The van der Waals surface area contributed by atoms with Crippen molar-refractivity contribution in [2.45, 2.75) is 20.0 Å². The molecule has 0 aliphatic rings. The van der Waals surface area contributed by atoms with Crippen LogP contribution in [0.3, 0.4) is 0 Å². The Balaban J connectivity index is 2.76. The van der Waals surface area contributed by atoms with Crippen LogP contribution in [0, 0.1) is 5.92 Å². The van der Waals surface area contributed by atoms with Gasteiger partial charge < -0.3 is 19.9 Å². The number of hydrogen-bond acceptors (Lipinski definition) is 4. The number of methoxy groups -OCH3 is 2. The Bertz CT molecular complexity index is 409. The molecule has 5 nitrogen and oxygen atoms in total. The molecule has 0 bridgehead atoms. The maximum atomic E-state index is 12.0. The van der Waals surface area contributed by atoms with Crippen LogP contribution in [0.25, 0.3) is 0 Å². The van der Waals surface area contributed by atoms with Crippen LogP contribution in [0.15, 0.2) is 18.2 Å². The first-order chi connectivity index (χ1) is 8.97. The molecule has 0 spiro atoms. The molecule has 106 valence electrons. The molecule has 0 saturated heterocycles. The van der Waals surface area contributed by atoms with Crippen LogP contribution >= 0.6 is 0 Å². The normalized spacial score (nSPS) is 12.1. The average molecular weight is 267 g/mol. The molecule has 19 heavy (non-hydrogen) atoms. The van der Waals surface area contributed by atoms with Crippen LogP contribution in [0.2, 0.25) is 0 Å². The predicted molar refractivity (Wildman–Crippen MR) is 72.7 cm³/mol. The Kier molecular flexibility index (Phi) is 5.63. The number of benzene rings is 1. The Morgan fingerprint density at radius 1 is 1.21 bits per heavy atom. The maximum absolute atomic E-state index is 12.0. The number of carbonyl (C=O) groups excluding carboxylic acids is 1. The second-order valence-electron chi connectivity index (χ2n) is 4.62. The van der Waals surface area contributed by atoms with Gasteiger partial charge in [0, 0.05) is 18.2 Å². The minimum absolute atomic E-state index is 0.0974. The lowest BCUT2D eigenvalue weighted by Crippen LogP contribution is -2.34. The van der Waals surface area contributed by atoms with Crippen LogP contribution in [0.4, 0.5) is 0 Å². The van der Waals surface area contributed by atoms with Crippen LogP contribution in [0.1, 0.15) is 24.2 Å². The van der Waals surface area contributed by atoms with E-state index >= 15 is 0 Å². The number of amides is 1. The molecular weight excluding hydrogens is 246 g/mol. The number of rotatable bonds is 6. The fourth-order valence-electron chi connectivity index (χ4n) is 1.47. The summed E-state index contributed by atoms with van der Waals surface area (Å²) in [5.74, 6) is 0.930. The third-order valence-electron chi connectivity index (χ3n) is 2.85. The fraction of sp³-hybridized carbons (Fsp3) is 0.500. The van der Waals surface area contributed by atoms with E-state index in [1.54, 1.807) is 18.2 Å². The minimum atomic E-state index is -0.559. The largest absolute Gasteiger partial charge is 0.497 e. The summed E-state index contributed by atoms with van der Waals surface area (Å²) >= 11 is 0. The molecule has 0 heterocycles. The van der Waals surface area contributed by atoms with Gasteiger partial charge in [-0.05, 0) is 18.1 Å². The molecule has 1 aromatic carbocycles. The van der Waals surface area contributed by atoms with Gasteiger partial charge >= 0.3 is 0 Å². The van der Waals surface area contributed by atoms with Gasteiger partial charge in [0.1, 0.15) is 11.5 Å². The summed E-state index contributed by atoms with van der Waals surface area (Å²) in [6, 6.07) is 4.94. The molecule has 0 aromatic heterocycles. The summed E-state index contributed by atoms with van der Waals surface area (Å²) < 4.78 is 10.2. The molecule has 0 aliphatic heterocycles. The molecule has 5 heteroatoms. The van der Waals surface area contributed by atoms with E-state index in [0.29, 0.717) is 17.1 Å². The Morgan fingerprint density at radius 2 is 1.74 bits per heavy atom. The molecule has 1 amide bonds. The van der Waals surface area contributed by atoms with E-state index in [0.717, 1.165) is 0 Å². The second kappa shape index (κ2) is 6.99. The standard InChI is InChI=1S/C14H21NO4/c1-9(2)13(16)8-15-14(17)10-5-11(18-3)7-12(6-10)19-4/h5-7,9,13,16H,8H2,1-4H3,(H,15,17). The maximum Gasteiger partial charge on any atom is 0.251 e. The molecular formula is C14H21NO4. The SMILES string of the molecule is COc1cc(OC)cc(C(=O)NCC(O)C(C)C)c1. The van der Waals surface area contributed by atoms with Crippen LogP contribution < -0.4 is 14.8 Å². The van der Waals surface area contributed by atoms with Gasteiger partial charge in [0.15, 0.2) is 0 Å². The number of aliphatic hydroxyl groups is 1. The molecule has 0 radical (unpaired) electrons. The van der Waals surface area contributed by atoms with Crippen molar-refractivity contribution in [1.29, 1.82) is 0 Å². The molecule has 1 atom stereocenters. The number of carbonyl (C=O) groups is 1. The van der Waals surface area contributed by atoms with Gasteiger partial charge in [-0.2, -0.15) is 0 Å². The second-order valence-corrected chi connectivity index (χ2v) is 4.62. The first kappa shape index (κ1) is 15.3. The lowest BCUT2D eigenvalue weighted by Gasteiger charge is -2.15. The molecule has 2 N–H and O–H groups in total. The third kappa shape index (κ3) is 4.44. The van der Waals surface area contributed by atoms with Gasteiger partial charge in [0.05, 0.1) is 20.3 Å². The summed E-state index contributed by atoms with van der Waals surface area (Å²) in [5, 5.41) is 12.3. The molecule has 0 saturated carbocycles. The predicted octanol–water partition coefficient (Wildman–Crippen LogP) is 1.45. The highest BCUT2D eigenvalue weighted by molar-refractivity contribution is 5.95. The highest BCUT2D eigenvalue weighted by Gasteiger charge is 2.13.